The van der Waals surface area contributed by atoms with Crippen LogP contribution in [-0.2, 0) is 4.79 Å². The molecule has 1 amide bonds. The Labute approximate surface area is 119 Å². The van der Waals surface area contributed by atoms with Crippen molar-refractivity contribution in [3.05, 3.63) is 30.7 Å². The van der Waals surface area contributed by atoms with Gasteiger partial charge in [-0.3, -0.25) is 14.2 Å². The lowest BCUT2D eigenvalue weighted by Crippen LogP contribution is -2.43. The van der Waals surface area contributed by atoms with E-state index in [4.69, 9.17) is 0 Å². The lowest BCUT2D eigenvalue weighted by molar-refractivity contribution is -0.123. The van der Waals surface area contributed by atoms with Gasteiger partial charge in [0, 0.05) is 13.0 Å². The second kappa shape index (κ2) is 4.61. The highest BCUT2D eigenvalue weighted by Crippen LogP contribution is 2.26. The highest BCUT2D eigenvalue weighted by Gasteiger charge is 2.24. The predicted octanol–water partition coefficient (Wildman–Crippen LogP) is 0.965. The van der Waals surface area contributed by atoms with E-state index in [9.17, 15) is 14.4 Å². The van der Waals surface area contributed by atoms with E-state index in [1.165, 1.54) is 15.9 Å². The van der Waals surface area contributed by atoms with Crippen LogP contribution in [0.2, 0.25) is 0 Å². The number of fused-ring (bicyclic) bond motifs is 1. The van der Waals surface area contributed by atoms with Crippen molar-refractivity contribution in [2.45, 2.75) is 18.9 Å². The highest BCUT2D eigenvalue weighted by molar-refractivity contribution is 9.11. The van der Waals surface area contributed by atoms with Gasteiger partial charge in [0.15, 0.2) is 0 Å². The first-order valence-corrected chi connectivity index (χ1v) is 7.38. The van der Waals surface area contributed by atoms with Gasteiger partial charge < -0.3 is 10.3 Å². The Balaban J connectivity index is 2.20. The SMILES string of the molecule is O=C1C[C@@H](n2c(=O)[nH]c3cc(Br)sc3c2=O)CCN1. The van der Waals surface area contributed by atoms with Gasteiger partial charge >= 0.3 is 5.69 Å². The number of rotatable bonds is 1. The number of piperidine rings is 1. The van der Waals surface area contributed by atoms with Crippen LogP contribution in [0.15, 0.2) is 19.4 Å². The van der Waals surface area contributed by atoms with Crippen LogP contribution < -0.4 is 16.6 Å². The number of thiophene rings is 1. The fourth-order valence-corrected chi connectivity index (χ4v) is 3.80. The molecule has 1 aliphatic rings. The number of aromatic amines is 1. The number of nitrogens with one attached hydrogen (secondary N) is 2. The number of halogens is 1. The molecule has 1 fully saturated rings. The molecule has 3 heterocycles. The van der Waals surface area contributed by atoms with Crippen LogP contribution in [0, 0.1) is 0 Å². The van der Waals surface area contributed by atoms with Gasteiger partial charge in [-0.15, -0.1) is 11.3 Å². The average molecular weight is 344 g/mol. The zero-order valence-electron chi connectivity index (χ0n) is 9.73. The van der Waals surface area contributed by atoms with Crippen molar-refractivity contribution in [1.29, 1.82) is 0 Å². The van der Waals surface area contributed by atoms with Crippen LogP contribution in [0.1, 0.15) is 18.9 Å². The molecular formula is C11H10BrN3O3S. The molecule has 2 N–H and O–H groups in total. The quantitative estimate of drug-likeness (QED) is 0.808. The highest BCUT2D eigenvalue weighted by atomic mass is 79.9. The minimum absolute atomic E-state index is 0.130. The number of carbonyl (C=O) groups is 1. The van der Waals surface area contributed by atoms with E-state index < -0.39 is 5.69 Å². The van der Waals surface area contributed by atoms with Crippen LogP contribution in [0.4, 0.5) is 0 Å². The summed E-state index contributed by atoms with van der Waals surface area (Å²) in [6.07, 6.45) is 0.758. The monoisotopic (exact) mass is 343 g/mol. The van der Waals surface area contributed by atoms with E-state index in [-0.39, 0.29) is 23.9 Å². The smallest absolute Gasteiger partial charge is 0.329 e. The molecule has 19 heavy (non-hydrogen) atoms. The van der Waals surface area contributed by atoms with Gasteiger partial charge in [-0.2, -0.15) is 0 Å². The molecule has 6 nitrogen and oxygen atoms in total. The van der Waals surface area contributed by atoms with E-state index in [2.05, 4.69) is 26.2 Å². The molecule has 0 bridgehead atoms. The maximum atomic E-state index is 12.4. The molecule has 0 aliphatic carbocycles. The Morgan fingerprint density at radius 2 is 2.16 bits per heavy atom. The lowest BCUT2D eigenvalue weighted by atomic mass is 10.1. The first-order valence-electron chi connectivity index (χ1n) is 5.77. The Hall–Kier alpha value is -1.41. The summed E-state index contributed by atoms with van der Waals surface area (Å²) in [6.45, 7) is 0.488. The van der Waals surface area contributed by atoms with Crippen molar-refractivity contribution in [2.24, 2.45) is 0 Å². The molecule has 1 saturated heterocycles. The topological polar surface area (TPSA) is 84.0 Å². The number of hydrogen-bond donors (Lipinski definition) is 2. The molecule has 0 spiro atoms. The van der Waals surface area contributed by atoms with Crippen molar-refractivity contribution in [2.75, 3.05) is 6.54 Å². The number of H-pyrrole nitrogens is 1. The maximum Gasteiger partial charge on any atom is 0.329 e. The summed E-state index contributed by atoms with van der Waals surface area (Å²) in [6, 6.07) is 1.34. The Morgan fingerprint density at radius 1 is 1.37 bits per heavy atom. The van der Waals surface area contributed by atoms with Gasteiger partial charge in [-0.05, 0) is 28.4 Å². The molecule has 0 saturated carbocycles. The van der Waals surface area contributed by atoms with Gasteiger partial charge in [-0.1, -0.05) is 0 Å². The maximum absolute atomic E-state index is 12.4. The molecule has 0 radical (unpaired) electrons. The molecular weight excluding hydrogens is 334 g/mol. The fraction of sp³-hybridized carbons (Fsp3) is 0.364. The van der Waals surface area contributed by atoms with Crippen LogP contribution in [0.25, 0.3) is 10.2 Å². The second-order valence-corrected chi connectivity index (χ2v) is 6.83. The molecule has 1 atom stereocenters. The molecule has 3 rings (SSSR count). The standard InChI is InChI=1S/C11H10BrN3O3S/c12-7-4-6-9(19-7)10(17)15(11(18)14-6)5-1-2-13-8(16)3-5/h4-5H,1-3H2,(H,13,16)(H,14,18)/t5-/m0/s1. The molecule has 2 aromatic heterocycles. The van der Waals surface area contributed by atoms with E-state index in [1.807, 2.05) is 0 Å². The van der Waals surface area contributed by atoms with Crippen LogP contribution >= 0.6 is 27.3 Å². The first-order chi connectivity index (χ1) is 9.06. The summed E-state index contributed by atoms with van der Waals surface area (Å²) in [7, 11) is 0. The number of aromatic nitrogens is 2. The first kappa shape index (κ1) is 12.6. The third-order valence-electron chi connectivity index (χ3n) is 3.16. The molecule has 8 heteroatoms. The number of amides is 1. The van der Waals surface area contributed by atoms with Crippen molar-refractivity contribution in [3.8, 4) is 0 Å². The number of hydrogen-bond acceptors (Lipinski definition) is 4. The van der Waals surface area contributed by atoms with Crippen molar-refractivity contribution < 1.29 is 4.79 Å². The molecule has 0 aromatic carbocycles. The van der Waals surface area contributed by atoms with Crippen LogP contribution in [-0.4, -0.2) is 22.0 Å². The van der Waals surface area contributed by atoms with Gasteiger partial charge in [0.25, 0.3) is 5.56 Å². The Kier molecular flexibility index (Phi) is 3.06. The van der Waals surface area contributed by atoms with Crippen molar-refractivity contribution >= 4 is 43.4 Å². The summed E-state index contributed by atoms with van der Waals surface area (Å²) in [5, 5.41) is 2.69. The molecule has 1 aliphatic heterocycles. The van der Waals surface area contributed by atoms with Crippen LogP contribution in [0.3, 0.4) is 0 Å². The van der Waals surface area contributed by atoms with E-state index in [0.717, 1.165) is 3.79 Å². The van der Waals surface area contributed by atoms with Crippen LogP contribution in [0.5, 0.6) is 0 Å². The third kappa shape index (κ3) is 2.14. The van der Waals surface area contributed by atoms with E-state index in [1.54, 1.807) is 6.07 Å². The zero-order chi connectivity index (χ0) is 13.6. The summed E-state index contributed by atoms with van der Waals surface area (Å²) < 4.78 is 2.45. The second-order valence-electron chi connectivity index (χ2n) is 4.40. The van der Waals surface area contributed by atoms with Gasteiger partial charge in [-0.25, -0.2) is 4.79 Å². The summed E-state index contributed by atoms with van der Waals surface area (Å²) >= 11 is 4.58. The van der Waals surface area contributed by atoms with Crippen molar-refractivity contribution in [3.63, 3.8) is 0 Å². The predicted molar refractivity (Wildman–Crippen MR) is 75.7 cm³/mol. The molecule has 0 unspecified atom stereocenters. The largest absolute Gasteiger partial charge is 0.356 e. The summed E-state index contributed by atoms with van der Waals surface area (Å²) in [4.78, 5) is 38.5. The summed E-state index contributed by atoms with van der Waals surface area (Å²) in [5.74, 6) is -0.130. The van der Waals surface area contributed by atoms with E-state index in [0.29, 0.717) is 23.2 Å². The number of carbonyl (C=O) groups excluding carboxylic acids is 1. The minimum Gasteiger partial charge on any atom is -0.356 e. The fourth-order valence-electron chi connectivity index (χ4n) is 2.31. The lowest BCUT2D eigenvalue weighted by Gasteiger charge is -2.23. The normalized spacial score (nSPS) is 19.6. The third-order valence-corrected chi connectivity index (χ3v) is 4.79. The average Bonchev–Trinajstić information content (AvgIpc) is 2.70. The van der Waals surface area contributed by atoms with Gasteiger partial charge in [0.1, 0.15) is 4.70 Å². The van der Waals surface area contributed by atoms with E-state index >= 15 is 0 Å². The zero-order valence-corrected chi connectivity index (χ0v) is 12.1. The molecule has 100 valence electrons. The molecule has 2 aromatic rings. The number of nitrogens with zero attached hydrogens (tertiary/aromatic N) is 1. The minimum atomic E-state index is -0.456. The van der Waals surface area contributed by atoms with Gasteiger partial charge in [0.05, 0.1) is 15.3 Å². The summed E-state index contributed by atoms with van der Waals surface area (Å²) in [5.41, 5.74) is -0.250. The van der Waals surface area contributed by atoms with Crippen molar-refractivity contribution in [1.82, 2.24) is 14.9 Å². The van der Waals surface area contributed by atoms with Gasteiger partial charge in [0.2, 0.25) is 5.91 Å². The Morgan fingerprint density at radius 3 is 2.89 bits per heavy atom. The Bertz CT molecular complexity index is 776.